The maximum atomic E-state index is 5.96. The summed E-state index contributed by atoms with van der Waals surface area (Å²) >= 11 is 0. The van der Waals surface area contributed by atoms with Crippen LogP contribution in [0.15, 0.2) is 6.33 Å². The van der Waals surface area contributed by atoms with Crippen molar-refractivity contribution in [3.63, 3.8) is 0 Å². The van der Waals surface area contributed by atoms with Crippen molar-refractivity contribution in [2.24, 2.45) is 5.92 Å². The first-order valence-electron chi connectivity index (χ1n) is 6.94. The van der Waals surface area contributed by atoms with E-state index in [0.29, 0.717) is 17.8 Å². The van der Waals surface area contributed by atoms with Gasteiger partial charge in [0.15, 0.2) is 0 Å². The van der Waals surface area contributed by atoms with Gasteiger partial charge in [-0.25, -0.2) is 9.97 Å². The molecule has 2 atom stereocenters. The van der Waals surface area contributed by atoms with E-state index in [2.05, 4.69) is 36.1 Å². The molecule has 1 saturated carbocycles. The Kier molecular flexibility index (Phi) is 4.04. The summed E-state index contributed by atoms with van der Waals surface area (Å²) in [5, 5.41) is 3.57. The van der Waals surface area contributed by atoms with Crippen molar-refractivity contribution >= 4 is 11.6 Å². The van der Waals surface area contributed by atoms with Gasteiger partial charge >= 0.3 is 0 Å². The van der Waals surface area contributed by atoms with E-state index in [4.69, 9.17) is 5.73 Å². The topological polar surface area (TPSA) is 63.8 Å². The molecule has 1 heterocycles. The van der Waals surface area contributed by atoms with Gasteiger partial charge in [-0.3, -0.25) is 0 Å². The van der Waals surface area contributed by atoms with Crippen LogP contribution in [0.4, 0.5) is 11.6 Å². The Bertz CT molecular complexity index is 403. The zero-order valence-electron chi connectivity index (χ0n) is 11.6. The minimum atomic E-state index is 0.342. The number of nitrogens with two attached hydrogens (primary N) is 1. The highest BCUT2D eigenvalue weighted by molar-refractivity contribution is 5.57. The second-order valence-electron chi connectivity index (χ2n) is 5.79. The van der Waals surface area contributed by atoms with E-state index in [-0.39, 0.29) is 0 Å². The van der Waals surface area contributed by atoms with E-state index < -0.39 is 0 Å². The summed E-state index contributed by atoms with van der Waals surface area (Å²) in [6, 6.07) is 0.528. The van der Waals surface area contributed by atoms with Gasteiger partial charge in [0.2, 0.25) is 0 Å². The second kappa shape index (κ2) is 5.55. The van der Waals surface area contributed by atoms with E-state index >= 15 is 0 Å². The molecule has 18 heavy (non-hydrogen) atoms. The summed E-state index contributed by atoms with van der Waals surface area (Å²) in [6.07, 6.45) is 6.65. The number of nitrogens with one attached hydrogen (secondary N) is 1. The average Bonchev–Trinajstić information content (AvgIpc) is 2.28. The van der Waals surface area contributed by atoms with Crippen molar-refractivity contribution in [3.8, 4) is 0 Å². The lowest BCUT2D eigenvalue weighted by atomic mass is 9.87. The molecule has 4 nitrogen and oxygen atoms in total. The van der Waals surface area contributed by atoms with Crippen LogP contribution in [0.2, 0.25) is 0 Å². The fraction of sp³-hybridized carbons (Fsp3) is 0.714. The second-order valence-corrected chi connectivity index (χ2v) is 5.79. The van der Waals surface area contributed by atoms with Crippen LogP contribution in [-0.4, -0.2) is 16.0 Å². The smallest absolute Gasteiger partial charge is 0.135 e. The number of hydrogen-bond acceptors (Lipinski definition) is 4. The Hall–Kier alpha value is -1.32. The normalized spacial score (nSPS) is 24.2. The third-order valence-corrected chi connectivity index (χ3v) is 3.77. The number of hydrogen-bond donors (Lipinski definition) is 2. The maximum Gasteiger partial charge on any atom is 0.135 e. The van der Waals surface area contributed by atoms with E-state index in [9.17, 15) is 0 Å². The molecule has 0 aromatic carbocycles. The molecule has 0 aliphatic heterocycles. The molecule has 0 bridgehead atoms. The fourth-order valence-corrected chi connectivity index (χ4v) is 2.85. The molecule has 1 aliphatic carbocycles. The summed E-state index contributed by atoms with van der Waals surface area (Å²) in [5.41, 5.74) is 7.02. The first-order chi connectivity index (χ1) is 8.58. The molecule has 100 valence electrons. The Balaban J connectivity index is 2.15. The number of anilines is 2. The van der Waals surface area contributed by atoms with Crippen LogP contribution in [0, 0.1) is 5.92 Å². The largest absolute Gasteiger partial charge is 0.383 e. The zero-order valence-corrected chi connectivity index (χ0v) is 11.6. The number of nitrogens with zero attached hydrogens (tertiary/aromatic N) is 2. The molecule has 1 aromatic heterocycles. The van der Waals surface area contributed by atoms with Gasteiger partial charge in [-0.15, -0.1) is 0 Å². The summed E-state index contributed by atoms with van der Waals surface area (Å²) in [4.78, 5) is 8.47. The average molecular weight is 248 g/mol. The Morgan fingerprint density at radius 1 is 1.33 bits per heavy atom. The Morgan fingerprint density at radius 2 is 2.11 bits per heavy atom. The molecule has 0 spiro atoms. The maximum absolute atomic E-state index is 5.96. The number of rotatable bonds is 3. The molecule has 0 amide bonds. The van der Waals surface area contributed by atoms with Gasteiger partial charge in [0.05, 0.1) is 0 Å². The third kappa shape index (κ3) is 2.92. The predicted molar refractivity (Wildman–Crippen MR) is 75.6 cm³/mol. The van der Waals surface area contributed by atoms with Crippen LogP contribution in [0.3, 0.4) is 0 Å². The van der Waals surface area contributed by atoms with Gasteiger partial charge in [0.25, 0.3) is 0 Å². The van der Waals surface area contributed by atoms with Gasteiger partial charge in [0, 0.05) is 11.6 Å². The third-order valence-electron chi connectivity index (χ3n) is 3.77. The lowest BCUT2D eigenvalue weighted by Crippen LogP contribution is -2.27. The lowest BCUT2D eigenvalue weighted by molar-refractivity contribution is 0.358. The summed E-state index contributed by atoms with van der Waals surface area (Å²) in [7, 11) is 0. The number of aromatic nitrogens is 2. The van der Waals surface area contributed by atoms with Crippen LogP contribution in [-0.2, 0) is 0 Å². The minimum absolute atomic E-state index is 0.342. The lowest BCUT2D eigenvalue weighted by Gasteiger charge is -2.29. The molecule has 4 heteroatoms. The first-order valence-corrected chi connectivity index (χ1v) is 6.94. The van der Waals surface area contributed by atoms with E-state index in [1.807, 2.05) is 0 Å². The SMILES string of the molecule is CC1CCCC(Nc2ncnc(N)c2C(C)C)C1. The molecular formula is C14H24N4. The van der Waals surface area contributed by atoms with Crippen LogP contribution >= 0.6 is 0 Å². The van der Waals surface area contributed by atoms with Crippen molar-refractivity contribution in [1.82, 2.24) is 9.97 Å². The highest BCUT2D eigenvalue weighted by Crippen LogP contribution is 2.30. The molecule has 1 aliphatic rings. The molecule has 0 radical (unpaired) electrons. The molecule has 2 rings (SSSR count). The Morgan fingerprint density at radius 3 is 2.78 bits per heavy atom. The molecule has 1 aromatic rings. The van der Waals surface area contributed by atoms with Crippen LogP contribution in [0.5, 0.6) is 0 Å². The van der Waals surface area contributed by atoms with Crippen molar-refractivity contribution < 1.29 is 0 Å². The minimum Gasteiger partial charge on any atom is -0.383 e. The molecule has 0 saturated heterocycles. The standard InChI is InChI=1S/C14H24N4/c1-9(2)12-13(15)16-8-17-14(12)18-11-6-4-5-10(3)7-11/h8-11H,4-7H2,1-3H3,(H3,15,16,17,18). The van der Waals surface area contributed by atoms with Crippen LogP contribution in [0.25, 0.3) is 0 Å². The molecule has 3 N–H and O–H groups in total. The molecular weight excluding hydrogens is 224 g/mol. The fourth-order valence-electron chi connectivity index (χ4n) is 2.85. The summed E-state index contributed by atoms with van der Waals surface area (Å²) in [5.74, 6) is 2.68. The van der Waals surface area contributed by atoms with E-state index in [1.165, 1.54) is 25.7 Å². The quantitative estimate of drug-likeness (QED) is 0.862. The zero-order chi connectivity index (χ0) is 13.1. The van der Waals surface area contributed by atoms with E-state index in [1.54, 1.807) is 6.33 Å². The van der Waals surface area contributed by atoms with Crippen molar-refractivity contribution in [2.45, 2.75) is 58.4 Å². The highest BCUT2D eigenvalue weighted by atomic mass is 15.1. The van der Waals surface area contributed by atoms with E-state index in [0.717, 1.165) is 17.3 Å². The van der Waals surface area contributed by atoms with Crippen molar-refractivity contribution in [2.75, 3.05) is 11.1 Å². The number of nitrogen functional groups attached to an aromatic ring is 1. The summed E-state index contributed by atoms with van der Waals surface area (Å²) < 4.78 is 0. The van der Waals surface area contributed by atoms with Gasteiger partial charge < -0.3 is 11.1 Å². The first kappa shape index (κ1) is 13.1. The monoisotopic (exact) mass is 248 g/mol. The van der Waals surface area contributed by atoms with Crippen molar-refractivity contribution in [1.29, 1.82) is 0 Å². The van der Waals surface area contributed by atoms with Crippen molar-refractivity contribution in [3.05, 3.63) is 11.9 Å². The molecule has 2 unspecified atom stereocenters. The predicted octanol–water partition coefficient (Wildman–Crippen LogP) is 3.17. The summed E-state index contributed by atoms with van der Waals surface area (Å²) in [6.45, 7) is 6.58. The molecule has 1 fully saturated rings. The Labute approximate surface area is 109 Å². The van der Waals surface area contributed by atoms with Gasteiger partial charge in [-0.1, -0.05) is 33.6 Å². The van der Waals surface area contributed by atoms with Crippen LogP contribution < -0.4 is 11.1 Å². The van der Waals surface area contributed by atoms with Gasteiger partial charge in [0.1, 0.15) is 18.0 Å². The highest BCUT2D eigenvalue weighted by Gasteiger charge is 2.21. The van der Waals surface area contributed by atoms with Gasteiger partial charge in [-0.05, 0) is 24.7 Å². The van der Waals surface area contributed by atoms with Gasteiger partial charge in [-0.2, -0.15) is 0 Å². The van der Waals surface area contributed by atoms with Crippen LogP contribution in [0.1, 0.15) is 57.9 Å².